The first-order valence-electron chi connectivity index (χ1n) is 11.6. The van der Waals surface area contributed by atoms with Crippen LogP contribution in [0.4, 0.5) is 0 Å². The number of nitrogens with one attached hydrogen (secondary N) is 1. The molecule has 1 aromatic carbocycles. The molecule has 9 nitrogen and oxygen atoms in total. The van der Waals surface area contributed by atoms with Gasteiger partial charge in [-0.25, -0.2) is 4.79 Å². The van der Waals surface area contributed by atoms with Crippen LogP contribution in [0.15, 0.2) is 29.8 Å². The second-order valence-electron chi connectivity index (χ2n) is 8.83. The third-order valence-corrected chi connectivity index (χ3v) is 6.04. The SMILES string of the molecule is CCCOc1cccc(C2/C(=C(\O)c3c(C)[nH]c(C(=O)OC)c3C)C(=O)C(=O)N2CCN(C)C)c1. The second kappa shape index (κ2) is 10.8. The second-order valence-corrected chi connectivity index (χ2v) is 8.83. The molecule has 1 unspecified atom stereocenters. The summed E-state index contributed by atoms with van der Waals surface area (Å²) in [5.74, 6) is -1.76. The van der Waals surface area contributed by atoms with Crippen LogP contribution in [0.1, 0.15) is 52.3 Å². The molecule has 1 aliphatic rings. The van der Waals surface area contributed by atoms with Gasteiger partial charge < -0.3 is 29.4 Å². The van der Waals surface area contributed by atoms with Gasteiger partial charge in [0.25, 0.3) is 11.7 Å². The van der Waals surface area contributed by atoms with Crippen LogP contribution in [0, 0.1) is 13.8 Å². The van der Waals surface area contributed by atoms with E-state index in [0.29, 0.717) is 41.3 Å². The fraction of sp³-hybridized carbons (Fsp3) is 0.423. The number of aliphatic hydroxyl groups excluding tert-OH is 1. The molecule has 1 fully saturated rings. The fourth-order valence-corrected chi connectivity index (χ4v) is 4.31. The van der Waals surface area contributed by atoms with Crippen LogP contribution in [0.5, 0.6) is 5.75 Å². The lowest BCUT2D eigenvalue weighted by Gasteiger charge is -2.27. The monoisotopic (exact) mass is 483 g/mol. The molecular formula is C26H33N3O6. The molecule has 1 aromatic heterocycles. The number of Topliss-reactive ketones (excluding diaryl/α,β-unsaturated/α-hetero) is 1. The zero-order chi connectivity index (χ0) is 25.9. The maximum atomic E-state index is 13.3. The van der Waals surface area contributed by atoms with Gasteiger partial charge in [0.2, 0.25) is 0 Å². The molecule has 1 aliphatic heterocycles. The molecule has 0 saturated carbocycles. The molecule has 0 spiro atoms. The number of carbonyl (C=O) groups is 3. The molecule has 0 aliphatic carbocycles. The number of benzene rings is 1. The summed E-state index contributed by atoms with van der Waals surface area (Å²) in [7, 11) is 5.03. The highest BCUT2D eigenvalue weighted by Crippen LogP contribution is 2.41. The number of nitrogens with zero attached hydrogens (tertiary/aromatic N) is 2. The van der Waals surface area contributed by atoms with Crippen molar-refractivity contribution in [2.75, 3.05) is 40.9 Å². The summed E-state index contributed by atoms with van der Waals surface area (Å²) in [5, 5.41) is 11.4. The van der Waals surface area contributed by atoms with Gasteiger partial charge in [-0.05, 0) is 57.6 Å². The number of rotatable bonds is 9. The Morgan fingerprint density at radius 2 is 1.94 bits per heavy atom. The molecule has 1 saturated heterocycles. The molecule has 0 bridgehead atoms. The van der Waals surface area contributed by atoms with Crippen molar-refractivity contribution >= 4 is 23.4 Å². The summed E-state index contributed by atoms with van der Waals surface area (Å²) in [6.45, 7) is 6.69. The fourth-order valence-electron chi connectivity index (χ4n) is 4.31. The van der Waals surface area contributed by atoms with Gasteiger partial charge in [-0.15, -0.1) is 0 Å². The van der Waals surface area contributed by atoms with E-state index in [1.165, 1.54) is 12.0 Å². The minimum Gasteiger partial charge on any atom is -0.507 e. The number of aromatic nitrogens is 1. The molecule has 3 rings (SSSR count). The highest BCUT2D eigenvalue weighted by molar-refractivity contribution is 6.46. The number of ether oxygens (including phenoxy) is 2. The number of likely N-dealkylation sites (tertiary alicyclic amines) is 1. The zero-order valence-electron chi connectivity index (χ0n) is 21.1. The smallest absolute Gasteiger partial charge is 0.354 e. The minimum absolute atomic E-state index is 0.0250. The molecule has 2 heterocycles. The van der Waals surface area contributed by atoms with Crippen LogP contribution in [0.25, 0.3) is 5.76 Å². The summed E-state index contributed by atoms with van der Waals surface area (Å²) in [4.78, 5) is 44.9. The van der Waals surface area contributed by atoms with E-state index >= 15 is 0 Å². The van der Waals surface area contributed by atoms with E-state index in [2.05, 4.69) is 4.98 Å². The first-order chi connectivity index (χ1) is 16.6. The van der Waals surface area contributed by atoms with Crippen molar-refractivity contribution in [1.82, 2.24) is 14.8 Å². The summed E-state index contributed by atoms with van der Waals surface area (Å²) in [5.41, 5.74) is 2.03. The van der Waals surface area contributed by atoms with Crippen LogP contribution in [0.2, 0.25) is 0 Å². The van der Waals surface area contributed by atoms with Crippen molar-refractivity contribution in [1.29, 1.82) is 0 Å². The van der Waals surface area contributed by atoms with Crippen LogP contribution >= 0.6 is 0 Å². The Morgan fingerprint density at radius 1 is 1.23 bits per heavy atom. The number of H-pyrrole nitrogens is 1. The Labute approximate surface area is 205 Å². The Hall–Kier alpha value is -3.59. The Bertz CT molecular complexity index is 1160. The standard InChI is InChI=1S/C26H33N3O6/c1-7-13-35-18-10-8-9-17(14-18)22-20(24(31)25(32)29(22)12-11-28(4)5)23(30)19-15(2)21(26(33)34-6)27-16(19)3/h8-10,14,22,27,30H,7,11-13H2,1-6H3/b23-20+. The lowest BCUT2D eigenvalue weighted by molar-refractivity contribution is -0.140. The van der Waals surface area contributed by atoms with Gasteiger partial charge in [-0.3, -0.25) is 9.59 Å². The van der Waals surface area contributed by atoms with Gasteiger partial charge in [-0.1, -0.05) is 19.1 Å². The van der Waals surface area contributed by atoms with Gasteiger partial charge >= 0.3 is 5.97 Å². The molecule has 1 amide bonds. The van der Waals surface area contributed by atoms with E-state index in [0.717, 1.165) is 6.42 Å². The van der Waals surface area contributed by atoms with Crippen LogP contribution < -0.4 is 4.74 Å². The minimum atomic E-state index is -0.810. The van der Waals surface area contributed by atoms with Crippen molar-refractivity contribution < 1.29 is 29.0 Å². The first-order valence-corrected chi connectivity index (χ1v) is 11.6. The van der Waals surface area contributed by atoms with E-state index in [4.69, 9.17) is 9.47 Å². The lowest BCUT2D eigenvalue weighted by Crippen LogP contribution is -2.35. The van der Waals surface area contributed by atoms with Crippen LogP contribution in [0.3, 0.4) is 0 Å². The number of methoxy groups -OCH3 is 1. The number of hydrogen-bond acceptors (Lipinski definition) is 7. The van der Waals surface area contributed by atoms with Gasteiger partial charge in [0.05, 0.1) is 25.3 Å². The number of likely N-dealkylation sites (N-methyl/N-ethyl adjacent to an activating group) is 1. The van der Waals surface area contributed by atoms with Gasteiger partial charge in [0.1, 0.15) is 17.2 Å². The van der Waals surface area contributed by atoms with Crippen molar-refractivity contribution in [2.24, 2.45) is 0 Å². The van der Waals surface area contributed by atoms with Gasteiger partial charge in [0, 0.05) is 24.3 Å². The quantitative estimate of drug-likeness (QED) is 0.244. The predicted octanol–water partition coefficient (Wildman–Crippen LogP) is 3.19. The van der Waals surface area contributed by atoms with Gasteiger partial charge in [0.15, 0.2) is 0 Å². The number of hydrogen-bond donors (Lipinski definition) is 2. The molecule has 0 radical (unpaired) electrons. The predicted molar refractivity (Wildman–Crippen MR) is 131 cm³/mol. The van der Waals surface area contributed by atoms with Crippen LogP contribution in [-0.2, 0) is 14.3 Å². The molecular weight excluding hydrogens is 450 g/mol. The maximum Gasteiger partial charge on any atom is 0.354 e. The summed E-state index contributed by atoms with van der Waals surface area (Å²) < 4.78 is 10.6. The van der Waals surface area contributed by atoms with Crippen molar-refractivity contribution in [2.45, 2.75) is 33.2 Å². The molecule has 2 aromatic rings. The lowest BCUT2D eigenvalue weighted by atomic mass is 9.94. The topological polar surface area (TPSA) is 112 Å². The number of carbonyl (C=O) groups excluding carboxylic acids is 3. The van der Waals surface area contributed by atoms with E-state index in [1.54, 1.807) is 26.0 Å². The third kappa shape index (κ3) is 5.09. The molecule has 9 heteroatoms. The van der Waals surface area contributed by atoms with Crippen molar-refractivity contribution in [3.05, 3.63) is 57.9 Å². The number of amides is 1. The number of aromatic amines is 1. The largest absolute Gasteiger partial charge is 0.507 e. The molecule has 35 heavy (non-hydrogen) atoms. The van der Waals surface area contributed by atoms with E-state index in [1.807, 2.05) is 38.1 Å². The molecule has 1 atom stereocenters. The van der Waals surface area contributed by atoms with Crippen LogP contribution in [-0.4, -0.2) is 78.5 Å². The van der Waals surface area contributed by atoms with E-state index in [-0.39, 0.29) is 23.6 Å². The summed E-state index contributed by atoms with van der Waals surface area (Å²) in [6, 6.07) is 6.40. The first kappa shape index (κ1) is 26.0. The van der Waals surface area contributed by atoms with E-state index in [9.17, 15) is 19.5 Å². The molecule has 188 valence electrons. The van der Waals surface area contributed by atoms with E-state index < -0.39 is 23.7 Å². The third-order valence-electron chi connectivity index (χ3n) is 6.04. The highest BCUT2D eigenvalue weighted by Gasteiger charge is 2.46. The number of aliphatic hydroxyl groups is 1. The van der Waals surface area contributed by atoms with Crippen molar-refractivity contribution in [3.8, 4) is 5.75 Å². The number of aryl methyl sites for hydroxylation is 1. The number of ketones is 1. The molecule has 2 N–H and O–H groups in total. The zero-order valence-corrected chi connectivity index (χ0v) is 21.1. The maximum absolute atomic E-state index is 13.3. The van der Waals surface area contributed by atoms with Gasteiger partial charge in [-0.2, -0.15) is 0 Å². The Balaban J connectivity index is 2.20. The Kier molecular flexibility index (Phi) is 8.01. The Morgan fingerprint density at radius 3 is 2.57 bits per heavy atom. The van der Waals surface area contributed by atoms with Crippen molar-refractivity contribution in [3.63, 3.8) is 0 Å². The average Bonchev–Trinajstić information content (AvgIpc) is 3.27. The summed E-state index contributed by atoms with van der Waals surface area (Å²) in [6.07, 6.45) is 0.833. The summed E-state index contributed by atoms with van der Waals surface area (Å²) >= 11 is 0. The average molecular weight is 484 g/mol. The number of esters is 1. The normalized spacial score (nSPS) is 17.3. The highest BCUT2D eigenvalue weighted by atomic mass is 16.5.